The first kappa shape index (κ1) is 13.1. The second-order valence-corrected chi connectivity index (χ2v) is 5.49. The average Bonchev–Trinajstić information content (AvgIpc) is 2.25. The van der Waals surface area contributed by atoms with Gasteiger partial charge in [-0.05, 0) is 30.7 Å². The highest BCUT2D eigenvalue weighted by Crippen LogP contribution is 2.11. The smallest absolute Gasteiger partial charge is 0.180 e. The maximum Gasteiger partial charge on any atom is 0.180 e. The molecule has 0 saturated heterocycles. The Kier molecular flexibility index (Phi) is 4.89. The third kappa shape index (κ3) is 3.90. The zero-order chi connectivity index (χ0) is 12.0. The molecule has 90 valence electrons. The fourth-order valence-electron chi connectivity index (χ4n) is 1.17. The van der Waals surface area contributed by atoms with E-state index in [-0.39, 0.29) is 17.3 Å². The van der Waals surface area contributed by atoms with Crippen LogP contribution in [0.5, 0.6) is 0 Å². The van der Waals surface area contributed by atoms with E-state index in [4.69, 9.17) is 4.74 Å². The van der Waals surface area contributed by atoms with Crippen molar-refractivity contribution in [1.82, 2.24) is 0 Å². The fraction of sp³-hybridized carbons (Fsp3) is 0.455. The van der Waals surface area contributed by atoms with E-state index in [2.05, 4.69) is 0 Å². The van der Waals surface area contributed by atoms with Gasteiger partial charge < -0.3 is 4.74 Å². The molecule has 0 aliphatic rings. The molecule has 0 radical (unpaired) electrons. The summed E-state index contributed by atoms with van der Waals surface area (Å²) < 4.78 is 41.1. The van der Waals surface area contributed by atoms with Crippen LogP contribution in [0, 0.1) is 5.82 Å². The van der Waals surface area contributed by atoms with Gasteiger partial charge in [0, 0.05) is 6.61 Å². The van der Waals surface area contributed by atoms with Gasteiger partial charge in [0.25, 0.3) is 0 Å². The molecule has 5 heteroatoms. The van der Waals surface area contributed by atoms with Gasteiger partial charge in [-0.15, -0.1) is 0 Å². The largest absolute Gasteiger partial charge is 0.380 e. The number of halogens is 1. The zero-order valence-corrected chi connectivity index (χ0v) is 9.97. The predicted octanol–water partition coefficient (Wildman–Crippen LogP) is 2.03. The van der Waals surface area contributed by atoms with E-state index in [1.54, 1.807) is 0 Å². The molecule has 1 aromatic carbocycles. The molecule has 3 nitrogen and oxygen atoms in total. The van der Waals surface area contributed by atoms with Crippen molar-refractivity contribution in [2.75, 3.05) is 19.0 Å². The summed E-state index contributed by atoms with van der Waals surface area (Å²) in [5.74, 6) is -0.514. The first-order valence-electron chi connectivity index (χ1n) is 5.12. The van der Waals surface area contributed by atoms with Crippen molar-refractivity contribution < 1.29 is 17.5 Å². The Morgan fingerprint density at radius 1 is 1.19 bits per heavy atom. The van der Waals surface area contributed by atoms with Crippen molar-refractivity contribution in [1.29, 1.82) is 0 Å². The Hall–Kier alpha value is -0.940. The summed E-state index contributed by atoms with van der Waals surface area (Å²) in [7, 11) is -3.35. The summed E-state index contributed by atoms with van der Waals surface area (Å²) in [4.78, 5) is 0.133. The molecular weight excluding hydrogens is 231 g/mol. The van der Waals surface area contributed by atoms with Gasteiger partial charge in [-0.1, -0.05) is 6.92 Å². The summed E-state index contributed by atoms with van der Waals surface area (Å²) in [6.07, 6.45) is 0.858. The normalized spacial score (nSPS) is 11.6. The molecule has 1 aromatic rings. The highest BCUT2D eigenvalue weighted by Gasteiger charge is 2.13. The molecule has 0 N–H and O–H groups in total. The van der Waals surface area contributed by atoms with Gasteiger partial charge in [-0.25, -0.2) is 12.8 Å². The lowest BCUT2D eigenvalue weighted by molar-refractivity contribution is 0.149. The molecule has 0 bridgehead atoms. The van der Waals surface area contributed by atoms with Crippen molar-refractivity contribution in [3.63, 3.8) is 0 Å². The fourth-order valence-corrected chi connectivity index (χ4v) is 2.30. The maximum absolute atomic E-state index is 12.6. The first-order chi connectivity index (χ1) is 7.56. The lowest BCUT2D eigenvalue weighted by atomic mass is 10.4. The Morgan fingerprint density at radius 2 is 1.81 bits per heavy atom. The summed E-state index contributed by atoms with van der Waals surface area (Å²) in [5, 5.41) is 0. The van der Waals surface area contributed by atoms with Crippen LogP contribution in [-0.4, -0.2) is 27.4 Å². The highest BCUT2D eigenvalue weighted by atomic mass is 32.2. The first-order valence-corrected chi connectivity index (χ1v) is 6.77. The molecule has 0 unspecified atom stereocenters. The predicted molar refractivity (Wildman–Crippen MR) is 59.6 cm³/mol. The van der Waals surface area contributed by atoms with Crippen LogP contribution in [-0.2, 0) is 14.6 Å². The molecule has 0 spiro atoms. The standard InChI is InChI=1S/C11H15FO3S/c1-2-7-15-8-9-16(13,14)11-5-3-10(12)4-6-11/h3-6H,2,7-9H2,1H3. The van der Waals surface area contributed by atoms with E-state index >= 15 is 0 Å². The molecule has 0 saturated carbocycles. The molecule has 0 fully saturated rings. The monoisotopic (exact) mass is 246 g/mol. The van der Waals surface area contributed by atoms with Crippen molar-refractivity contribution in [3.8, 4) is 0 Å². The van der Waals surface area contributed by atoms with Gasteiger partial charge >= 0.3 is 0 Å². The Balaban J connectivity index is 2.60. The van der Waals surface area contributed by atoms with Crippen LogP contribution < -0.4 is 0 Å². The van der Waals surface area contributed by atoms with Gasteiger partial charge in [0.05, 0.1) is 17.3 Å². The van der Waals surface area contributed by atoms with Crippen molar-refractivity contribution >= 4 is 9.84 Å². The molecule has 1 rings (SSSR count). The van der Waals surface area contributed by atoms with Gasteiger partial charge in [0.15, 0.2) is 9.84 Å². The molecule has 0 aliphatic heterocycles. The lowest BCUT2D eigenvalue weighted by Crippen LogP contribution is -2.12. The molecule has 0 aliphatic carbocycles. The number of benzene rings is 1. The average molecular weight is 246 g/mol. The summed E-state index contributed by atoms with van der Waals surface area (Å²) in [5.41, 5.74) is 0. The highest BCUT2D eigenvalue weighted by molar-refractivity contribution is 7.91. The van der Waals surface area contributed by atoms with E-state index in [1.165, 1.54) is 12.1 Å². The van der Waals surface area contributed by atoms with Crippen LogP contribution in [0.25, 0.3) is 0 Å². The van der Waals surface area contributed by atoms with Crippen LogP contribution >= 0.6 is 0 Å². The minimum atomic E-state index is -3.35. The SMILES string of the molecule is CCCOCCS(=O)(=O)c1ccc(F)cc1. The third-order valence-electron chi connectivity index (χ3n) is 2.02. The summed E-state index contributed by atoms with van der Waals surface area (Å²) >= 11 is 0. The summed E-state index contributed by atoms with van der Waals surface area (Å²) in [6, 6.07) is 4.81. The molecular formula is C11H15FO3S. The van der Waals surface area contributed by atoms with Gasteiger partial charge in [0.2, 0.25) is 0 Å². The van der Waals surface area contributed by atoms with Crippen molar-refractivity contribution in [3.05, 3.63) is 30.1 Å². The topological polar surface area (TPSA) is 43.4 Å². The zero-order valence-electron chi connectivity index (χ0n) is 9.15. The third-order valence-corrected chi connectivity index (χ3v) is 3.71. The van der Waals surface area contributed by atoms with Crippen molar-refractivity contribution in [2.24, 2.45) is 0 Å². The van der Waals surface area contributed by atoms with E-state index in [9.17, 15) is 12.8 Å². The van der Waals surface area contributed by atoms with Crippen LogP contribution in [0.2, 0.25) is 0 Å². The number of sulfone groups is 1. The molecule has 0 atom stereocenters. The van der Waals surface area contributed by atoms with Crippen LogP contribution in [0.1, 0.15) is 13.3 Å². The van der Waals surface area contributed by atoms with Gasteiger partial charge in [-0.2, -0.15) is 0 Å². The van der Waals surface area contributed by atoms with Crippen LogP contribution in [0.4, 0.5) is 4.39 Å². The van der Waals surface area contributed by atoms with Gasteiger partial charge in [-0.3, -0.25) is 0 Å². The minimum Gasteiger partial charge on any atom is -0.380 e. The van der Waals surface area contributed by atoms with Crippen LogP contribution in [0.15, 0.2) is 29.2 Å². The van der Waals surface area contributed by atoms with E-state index in [1.807, 2.05) is 6.92 Å². The molecule has 0 aromatic heterocycles. The number of rotatable bonds is 6. The second kappa shape index (κ2) is 5.96. The second-order valence-electron chi connectivity index (χ2n) is 3.39. The Labute approximate surface area is 95.2 Å². The quantitative estimate of drug-likeness (QED) is 0.570. The lowest BCUT2D eigenvalue weighted by Gasteiger charge is -2.04. The van der Waals surface area contributed by atoms with E-state index in [0.717, 1.165) is 18.6 Å². The Morgan fingerprint density at radius 3 is 2.38 bits per heavy atom. The molecule has 16 heavy (non-hydrogen) atoms. The van der Waals surface area contributed by atoms with Gasteiger partial charge in [0.1, 0.15) is 5.82 Å². The Bertz CT molecular complexity index is 411. The summed E-state index contributed by atoms with van der Waals surface area (Å²) in [6.45, 7) is 2.68. The number of hydrogen-bond donors (Lipinski definition) is 0. The maximum atomic E-state index is 12.6. The minimum absolute atomic E-state index is 0.0708. The van der Waals surface area contributed by atoms with Crippen molar-refractivity contribution in [2.45, 2.75) is 18.2 Å². The number of ether oxygens (including phenoxy) is 1. The van der Waals surface area contributed by atoms with E-state index in [0.29, 0.717) is 6.61 Å². The van der Waals surface area contributed by atoms with E-state index < -0.39 is 15.7 Å². The van der Waals surface area contributed by atoms with Crippen LogP contribution in [0.3, 0.4) is 0 Å². The molecule has 0 heterocycles. The molecule has 0 amide bonds. The number of hydrogen-bond acceptors (Lipinski definition) is 3.